The van der Waals surface area contributed by atoms with E-state index >= 15 is 0 Å². The molecule has 1 aliphatic heterocycles. The summed E-state index contributed by atoms with van der Waals surface area (Å²) in [5.41, 5.74) is 3.39. The topological polar surface area (TPSA) is 68.2 Å². The minimum absolute atomic E-state index is 0.275. The molecule has 6 heteroatoms. The maximum Gasteiger partial charge on any atom is 0.323 e. The Morgan fingerprint density at radius 2 is 1.91 bits per heavy atom. The van der Waals surface area contributed by atoms with Crippen LogP contribution in [0.1, 0.15) is 5.82 Å². The van der Waals surface area contributed by atoms with Gasteiger partial charge in [0.2, 0.25) is 0 Å². The molecule has 0 bridgehead atoms. The Kier molecular flexibility index (Phi) is 3.44. The van der Waals surface area contributed by atoms with E-state index in [4.69, 9.17) is 4.74 Å². The van der Waals surface area contributed by atoms with E-state index in [1.807, 2.05) is 48.5 Å². The zero-order chi connectivity index (χ0) is 15.6. The van der Waals surface area contributed by atoms with Gasteiger partial charge in [-0.25, -0.2) is 9.78 Å². The van der Waals surface area contributed by atoms with Crippen LogP contribution < -0.4 is 10.6 Å². The fraction of sp³-hybridized carbons (Fsp3) is 0.176. The molecule has 4 rings (SSSR count). The van der Waals surface area contributed by atoms with Crippen LogP contribution in [0, 0.1) is 0 Å². The number of carbonyl (C=O) groups excluding carboxylic acids is 1. The van der Waals surface area contributed by atoms with E-state index in [1.165, 1.54) is 0 Å². The normalized spacial score (nSPS) is 13.6. The number of nitrogens with zero attached hydrogens (tertiary/aromatic N) is 2. The fourth-order valence-corrected chi connectivity index (χ4v) is 2.75. The van der Waals surface area contributed by atoms with E-state index in [0.717, 1.165) is 29.1 Å². The lowest BCUT2D eigenvalue weighted by atomic mass is 10.2. The van der Waals surface area contributed by atoms with Gasteiger partial charge in [0.1, 0.15) is 12.4 Å². The van der Waals surface area contributed by atoms with Crippen molar-refractivity contribution < 1.29 is 9.53 Å². The third-order valence-corrected chi connectivity index (χ3v) is 3.81. The summed E-state index contributed by atoms with van der Waals surface area (Å²) in [6, 6.07) is 14.8. The first-order valence-electron chi connectivity index (χ1n) is 7.49. The van der Waals surface area contributed by atoms with Crippen molar-refractivity contribution in [2.75, 3.05) is 17.2 Å². The van der Waals surface area contributed by atoms with E-state index in [9.17, 15) is 4.79 Å². The van der Waals surface area contributed by atoms with Crippen LogP contribution in [0.5, 0.6) is 0 Å². The van der Waals surface area contributed by atoms with E-state index in [2.05, 4.69) is 20.2 Å². The number of hydrogen-bond donors (Lipinski definition) is 2. The van der Waals surface area contributed by atoms with E-state index < -0.39 is 0 Å². The van der Waals surface area contributed by atoms with Crippen molar-refractivity contribution in [3.05, 3.63) is 54.4 Å². The number of hydrogen-bond acceptors (Lipinski definition) is 3. The minimum atomic E-state index is -0.275. The molecule has 0 aliphatic carbocycles. The summed E-state index contributed by atoms with van der Waals surface area (Å²) >= 11 is 0. The van der Waals surface area contributed by atoms with Crippen molar-refractivity contribution in [3.63, 3.8) is 0 Å². The molecule has 2 aromatic carbocycles. The summed E-state index contributed by atoms with van der Waals surface area (Å²) in [4.78, 5) is 16.6. The highest BCUT2D eigenvalue weighted by atomic mass is 16.5. The number of carbonyl (C=O) groups is 1. The third kappa shape index (κ3) is 2.76. The van der Waals surface area contributed by atoms with Crippen molar-refractivity contribution in [2.45, 2.75) is 13.2 Å². The number of para-hydroxylation sites is 1. The molecule has 3 aromatic rings. The molecule has 23 heavy (non-hydrogen) atoms. The summed E-state index contributed by atoms with van der Waals surface area (Å²) in [5, 5.41) is 5.62. The highest BCUT2D eigenvalue weighted by molar-refractivity contribution is 6.00. The Bertz CT molecular complexity index is 858. The fourth-order valence-electron chi connectivity index (χ4n) is 2.75. The Morgan fingerprint density at radius 1 is 1.09 bits per heavy atom. The maximum atomic E-state index is 12.0. The van der Waals surface area contributed by atoms with Gasteiger partial charge < -0.3 is 19.9 Å². The first-order chi connectivity index (χ1) is 11.3. The van der Waals surface area contributed by atoms with Crippen LogP contribution in [0.25, 0.3) is 11.0 Å². The number of amides is 2. The molecule has 0 unspecified atom stereocenters. The molecule has 0 atom stereocenters. The Balaban J connectivity index is 1.54. The average molecular weight is 308 g/mol. The van der Waals surface area contributed by atoms with Crippen LogP contribution in [0.4, 0.5) is 16.2 Å². The summed E-state index contributed by atoms with van der Waals surface area (Å²) in [5.74, 6) is 0.928. The molecule has 0 spiro atoms. The number of aromatic nitrogens is 2. The van der Waals surface area contributed by atoms with Gasteiger partial charge in [-0.1, -0.05) is 18.2 Å². The van der Waals surface area contributed by atoms with Gasteiger partial charge in [0.05, 0.1) is 17.6 Å². The number of fused-ring (bicyclic) bond motifs is 3. The maximum absolute atomic E-state index is 12.0. The number of urea groups is 1. The standard InChI is InChI=1S/C17H16N4O2/c22-17(18-12-4-2-1-3-5-12)19-13-6-7-15-14(10-13)20-16-11-23-9-8-21(15)16/h1-7,10H,8-9,11H2,(H2,18,19,22). The van der Waals surface area contributed by atoms with E-state index in [-0.39, 0.29) is 6.03 Å². The minimum Gasteiger partial charge on any atom is -0.372 e. The van der Waals surface area contributed by atoms with Gasteiger partial charge in [0.25, 0.3) is 0 Å². The van der Waals surface area contributed by atoms with Gasteiger partial charge in [0.15, 0.2) is 0 Å². The molecule has 6 nitrogen and oxygen atoms in total. The van der Waals surface area contributed by atoms with Gasteiger partial charge in [-0.15, -0.1) is 0 Å². The van der Waals surface area contributed by atoms with E-state index in [0.29, 0.717) is 18.9 Å². The number of ether oxygens (including phenoxy) is 1. The smallest absolute Gasteiger partial charge is 0.323 e. The quantitative estimate of drug-likeness (QED) is 0.764. The molecule has 0 saturated carbocycles. The Hall–Kier alpha value is -2.86. The van der Waals surface area contributed by atoms with Gasteiger partial charge in [-0.3, -0.25) is 0 Å². The van der Waals surface area contributed by atoms with Crippen LogP contribution in [0.2, 0.25) is 0 Å². The second kappa shape index (κ2) is 5.73. The molecule has 0 saturated heterocycles. The zero-order valence-electron chi connectivity index (χ0n) is 12.5. The molecular weight excluding hydrogens is 292 g/mol. The molecule has 0 radical (unpaired) electrons. The molecular formula is C17H16N4O2. The van der Waals surface area contributed by atoms with Crippen molar-refractivity contribution in [1.82, 2.24) is 9.55 Å². The first-order valence-corrected chi connectivity index (χ1v) is 7.49. The molecule has 0 fully saturated rings. The number of rotatable bonds is 2. The van der Waals surface area contributed by atoms with Gasteiger partial charge in [-0.05, 0) is 30.3 Å². The lowest BCUT2D eigenvalue weighted by Crippen LogP contribution is -2.19. The predicted molar refractivity (Wildman–Crippen MR) is 88.5 cm³/mol. The molecule has 1 aliphatic rings. The number of imidazole rings is 1. The lowest BCUT2D eigenvalue weighted by molar-refractivity contribution is 0.0830. The molecule has 2 heterocycles. The lowest BCUT2D eigenvalue weighted by Gasteiger charge is -2.14. The Labute approximate surface area is 133 Å². The van der Waals surface area contributed by atoms with Crippen molar-refractivity contribution in [2.24, 2.45) is 0 Å². The summed E-state index contributed by atoms with van der Waals surface area (Å²) in [7, 11) is 0. The van der Waals surface area contributed by atoms with E-state index in [1.54, 1.807) is 0 Å². The van der Waals surface area contributed by atoms with Crippen molar-refractivity contribution >= 4 is 28.4 Å². The largest absolute Gasteiger partial charge is 0.372 e. The highest BCUT2D eigenvalue weighted by Crippen LogP contribution is 2.23. The average Bonchev–Trinajstić information content (AvgIpc) is 2.93. The van der Waals surface area contributed by atoms with Crippen LogP contribution in [0.15, 0.2) is 48.5 Å². The highest BCUT2D eigenvalue weighted by Gasteiger charge is 2.15. The van der Waals surface area contributed by atoms with Crippen LogP contribution in [-0.4, -0.2) is 22.2 Å². The van der Waals surface area contributed by atoms with Gasteiger partial charge in [-0.2, -0.15) is 0 Å². The number of benzene rings is 2. The second-order valence-electron chi connectivity index (χ2n) is 5.38. The van der Waals surface area contributed by atoms with Gasteiger partial charge in [0, 0.05) is 17.9 Å². The van der Waals surface area contributed by atoms with Crippen LogP contribution in [-0.2, 0) is 17.9 Å². The molecule has 2 amide bonds. The number of nitrogens with one attached hydrogen (secondary N) is 2. The first kappa shape index (κ1) is 13.8. The van der Waals surface area contributed by atoms with Crippen LogP contribution in [0.3, 0.4) is 0 Å². The SMILES string of the molecule is O=C(Nc1ccccc1)Nc1ccc2c(c1)nc1n2CCOC1. The molecule has 116 valence electrons. The third-order valence-electron chi connectivity index (χ3n) is 3.81. The summed E-state index contributed by atoms with van der Waals surface area (Å²) < 4.78 is 7.58. The van der Waals surface area contributed by atoms with Gasteiger partial charge >= 0.3 is 6.03 Å². The zero-order valence-corrected chi connectivity index (χ0v) is 12.5. The Morgan fingerprint density at radius 3 is 2.78 bits per heavy atom. The van der Waals surface area contributed by atoms with Crippen molar-refractivity contribution in [1.29, 1.82) is 0 Å². The van der Waals surface area contributed by atoms with Crippen molar-refractivity contribution in [3.8, 4) is 0 Å². The summed E-state index contributed by atoms with van der Waals surface area (Å²) in [6.45, 7) is 2.05. The monoisotopic (exact) mass is 308 g/mol. The number of anilines is 2. The molecule has 1 aromatic heterocycles. The summed E-state index contributed by atoms with van der Waals surface area (Å²) in [6.07, 6.45) is 0. The van der Waals surface area contributed by atoms with Crippen LogP contribution >= 0.6 is 0 Å². The predicted octanol–water partition coefficient (Wildman–Crippen LogP) is 3.21. The molecule has 2 N–H and O–H groups in total. The second-order valence-corrected chi connectivity index (χ2v) is 5.38.